The number of rotatable bonds is 3. The molecule has 0 saturated heterocycles. The Morgan fingerprint density at radius 1 is 1.17 bits per heavy atom. The molecule has 1 aromatic heterocycles. The Balaban J connectivity index is 2.26. The highest BCUT2D eigenvalue weighted by Crippen LogP contribution is 2.26. The number of carbonyl (C=O) groups is 1. The summed E-state index contributed by atoms with van der Waals surface area (Å²) in [6.45, 7) is 3.18. The summed E-state index contributed by atoms with van der Waals surface area (Å²) in [6, 6.07) is 9.77. The fourth-order valence-electron chi connectivity index (χ4n) is 2.61. The maximum Gasteiger partial charge on any atom is 0.217 e. The van der Waals surface area contributed by atoms with Gasteiger partial charge in [-0.15, -0.1) is 0 Å². The Hall–Kier alpha value is -2.76. The van der Waals surface area contributed by atoms with Crippen molar-refractivity contribution in [1.82, 2.24) is 14.9 Å². The van der Waals surface area contributed by atoms with E-state index in [1.807, 2.05) is 0 Å². The van der Waals surface area contributed by atoms with Crippen molar-refractivity contribution in [2.75, 3.05) is 0 Å². The Labute approximate surface area is 131 Å². The number of benzene rings is 2. The van der Waals surface area contributed by atoms with Gasteiger partial charge in [0.25, 0.3) is 0 Å². The number of fused-ring (bicyclic) bond motifs is 1. The summed E-state index contributed by atoms with van der Waals surface area (Å²) >= 11 is 0. The predicted molar refractivity (Wildman–Crippen MR) is 83.2 cm³/mol. The second-order valence-electron chi connectivity index (χ2n) is 5.34. The molecule has 0 spiro atoms. The van der Waals surface area contributed by atoms with Gasteiger partial charge in [-0.05, 0) is 37.3 Å². The summed E-state index contributed by atoms with van der Waals surface area (Å²) in [4.78, 5) is 15.8. The van der Waals surface area contributed by atoms with E-state index in [2.05, 4.69) is 10.3 Å². The molecule has 1 N–H and O–H groups in total. The smallest absolute Gasteiger partial charge is 0.217 e. The Kier molecular flexibility index (Phi) is 3.82. The third-order valence-corrected chi connectivity index (χ3v) is 3.52. The first-order valence-corrected chi connectivity index (χ1v) is 7.16. The van der Waals surface area contributed by atoms with E-state index in [1.54, 1.807) is 29.7 Å². The largest absolute Gasteiger partial charge is 0.347 e. The fourth-order valence-corrected chi connectivity index (χ4v) is 2.61. The minimum atomic E-state index is -0.411. The highest BCUT2D eigenvalue weighted by atomic mass is 19.1. The third kappa shape index (κ3) is 2.92. The number of nitrogens with zero attached hydrogens (tertiary/aromatic N) is 2. The van der Waals surface area contributed by atoms with Crippen LogP contribution in [0.4, 0.5) is 8.78 Å². The van der Waals surface area contributed by atoms with Crippen molar-refractivity contribution in [3.8, 4) is 5.69 Å². The van der Waals surface area contributed by atoms with E-state index < -0.39 is 17.7 Å². The zero-order valence-corrected chi connectivity index (χ0v) is 12.7. The highest BCUT2D eigenvalue weighted by molar-refractivity contribution is 5.79. The van der Waals surface area contributed by atoms with E-state index in [1.165, 1.54) is 31.2 Å². The lowest BCUT2D eigenvalue weighted by atomic mass is 10.2. The molecule has 0 aliphatic carbocycles. The van der Waals surface area contributed by atoms with Gasteiger partial charge < -0.3 is 5.32 Å². The summed E-state index contributed by atoms with van der Waals surface area (Å²) in [7, 11) is 0. The number of carbonyl (C=O) groups excluding carboxylic acids is 1. The van der Waals surface area contributed by atoms with Crippen molar-refractivity contribution >= 4 is 16.9 Å². The van der Waals surface area contributed by atoms with Crippen LogP contribution in [-0.4, -0.2) is 15.5 Å². The molecule has 0 saturated carbocycles. The van der Waals surface area contributed by atoms with Gasteiger partial charge in [-0.2, -0.15) is 0 Å². The lowest BCUT2D eigenvalue weighted by molar-refractivity contribution is -0.119. The first-order chi connectivity index (χ1) is 11.0. The van der Waals surface area contributed by atoms with Crippen LogP contribution < -0.4 is 5.32 Å². The molecule has 118 valence electrons. The van der Waals surface area contributed by atoms with Crippen LogP contribution in [0, 0.1) is 11.6 Å². The molecule has 0 aliphatic heterocycles. The van der Waals surface area contributed by atoms with E-state index in [0.29, 0.717) is 22.5 Å². The minimum Gasteiger partial charge on any atom is -0.347 e. The molecule has 2 aromatic carbocycles. The number of aromatic nitrogens is 2. The van der Waals surface area contributed by atoms with E-state index in [-0.39, 0.29) is 5.91 Å². The molecule has 1 heterocycles. The second-order valence-corrected chi connectivity index (χ2v) is 5.34. The zero-order valence-electron chi connectivity index (χ0n) is 12.7. The predicted octanol–water partition coefficient (Wildman–Crippen LogP) is 3.50. The van der Waals surface area contributed by atoms with Crippen LogP contribution in [0.2, 0.25) is 0 Å². The molecule has 1 amide bonds. The quantitative estimate of drug-likeness (QED) is 0.804. The number of hydrogen-bond donors (Lipinski definition) is 1. The third-order valence-electron chi connectivity index (χ3n) is 3.52. The average molecular weight is 315 g/mol. The summed E-state index contributed by atoms with van der Waals surface area (Å²) < 4.78 is 28.9. The Morgan fingerprint density at radius 3 is 2.61 bits per heavy atom. The molecular formula is C17H15F2N3O. The Morgan fingerprint density at radius 2 is 1.91 bits per heavy atom. The molecule has 1 atom stereocenters. The van der Waals surface area contributed by atoms with E-state index in [9.17, 15) is 13.6 Å². The molecule has 0 radical (unpaired) electrons. The van der Waals surface area contributed by atoms with Crippen molar-refractivity contribution in [3.05, 3.63) is 59.9 Å². The van der Waals surface area contributed by atoms with E-state index in [4.69, 9.17) is 0 Å². The summed E-state index contributed by atoms with van der Waals surface area (Å²) in [5.74, 6) is -0.513. The topological polar surface area (TPSA) is 46.9 Å². The fraction of sp³-hybridized carbons (Fsp3) is 0.176. The number of nitrogens with one attached hydrogen (secondary N) is 1. The minimum absolute atomic E-state index is 0.207. The molecule has 3 rings (SSSR count). The molecule has 4 nitrogen and oxygen atoms in total. The normalized spacial score (nSPS) is 12.3. The SMILES string of the molecule is CC(=O)NC(C)c1nc2ccc(F)cc2n1-c1cccc(F)c1. The average Bonchev–Trinajstić information content (AvgIpc) is 2.85. The van der Waals surface area contributed by atoms with Gasteiger partial charge in [0.05, 0.1) is 22.8 Å². The maximum atomic E-state index is 13.6. The monoisotopic (exact) mass is 315 g/mol. The molecule has 0 fully saturated rings. The van der Waals surface area contributed by atoms with E-state index in [0.717, 1.165) is 0 Å². The highest BCUT2D eigenvalue weighted by Gasteiger charge is 2.19. The molecule has 0 bridgehead atoms. The van der Waals surface area contributed by atoms with Crippen molar-refractivity contribution in [1.29, 1.82) is 0 Å². The van der Waals surface area contributed by atoms with Gasteiger partial charge in [0.15, 0.2) is 0 Å². The van der Waals surface area contributed by atoms with Gasteiger partial charge in [0.2, 0.25) is 5.91 Å². The second kappa shape index (κ2) is 5.79. The van der Waals surface area contributed by atoms with Crippen molar-refractivity contribution in [2.24, 2.45) is 0 Å². The molecule has 0 aliphatic rings. The van der Waals surface area contributed by atoms with Crippen LogP contribution in [0.1, 0.15) is 25.7 Å². The van der Waals surface area contributed by atoms with Crippen molar-refractivity contribution < 1.29 is 13.6 Å². The summed E-state index contributed by atoms with van der Waals surface area (Å²) in [5, 5.41) is 2.75. The number of imidazole rings is 1. The molecular weight excluding hydrogens is 300 g/mol. The lowest BCUT2D eigenvalue weighted by Crippen LogP contribution is -2.26. The first-order valence-electron chi connectivity index (χ1n) is 7.16. The number of halogens is 2. The summed E-state index contributed by atoms with van der Waals surface area (Å²) in [5.41, 5.74) is 1.61. The van der Waals surface area contributed by atoms with Gasteiger partial charge in [-0.1, -0.05) is 6.07 Å². The standard InChI is InChI=1S/C17H15F2N3O/c1-10(20-11(2)23)17-21-15-7-6-13(19)9-16(15)22(17)14-5-3-4-12(18)8-14/h3-10H,1-2H3,(H,20,23). The zero-order chi connectivity index (χ0) is 16.6. The molecule has 3 aromatic rings. The van der Waals surface area contributed by atoms with Gasteiger partial charge in [0.1, 0.15) is 17.5 Å². The van der Waals surface area contributed by atoms with Crippen molar-refractivity contribution in [3.63, 3.8) is 0 Å². The molecule has 23 heavy (non-hydrogen) atoms. The Bertz CT molecular complexity index is 889. The van der Waals surface area contributed by atoms with Crippen LogP contribution in [0.15, 0.2) is 42.5 Å². The van der Waals surface area contributed by atoms with Crippen LogP contribution in [0.25, 0.3) is 16.7 Å². The maximum absolute atomic E-state index is 13.6. The van der Waals surface area contributed by atoms with Gasteiger partial charge in [-0.25, -0.2) is 13.8 Å². The molecule has 1 unspecified atom stereocenters. The van der Waals surface area contributed by atoms with Gasteiger partial charge >= 0.3 is 0 Å². The van der Waals surface area contributed by atoms with Crippen LogP contribution >= 0.6 is 0 Å². The molecule has 6 heteroatoms. The van der Waals surface area contributed by atoms with Gasteiger partial charge in [-0.3, -0.25) is 9.36 Å². The van der Waals surface area contributed by atoms with Crippen LogP contribution in [0.5, 0.6) is 0 Å². The number of amides is 1. The van der Waals surface area contributed by atoms with Crippen LogP contribution in [0.3, 0.4) is 0 Å². The first kappa shape index (κ1) is 15.1. The summed E-state index contributed by atoms with van der Waals surface area (Å²) in [6.07, 6.45) is 0. The van der Waals surface area contributed by atoms with Crippen LogP contribution in [-0.2, 0) is 4.79 Å². The number of hydrogen-bond acceptors (Lipinski definition) is 2. The lowest BCUT2D eigenvalue weighted by Gasteiger charge is -2.15. The van der Waals surface area contributed by atoms with Gasteiger partial charge in [0, 0.05) is 13.0 Å². The van der Waals surface area contributed by atoms with E-state index >= 15 is 0 Å². The van der Waals surface area contributed by atoms with Crippen molar-refractivity contribution in [2.45, 2.75) is 19.9 Å².